The summed E-state index contributed by atoms with van der Waals surface area (Å²) in [6.45, 7) is 0. The fourth-order valence-electron chi connectivity index (χ4n) is 1.85. The van der Waals surface area contributed by atoms with E-state index in [1.165, 1.54) is 0 Å². The van der Waals surface area contributed by atoms with Crippen molar-refractivity contribution in [1.29, 1.82) is 0 Å². The number of furan rings is 1. The molecule has 2 nitrogen and oxygen atoms in total. The van der Waals surface area contributed by atoms with Crippen LogP contribution < -0.4 is 5.73 Å². The summed E-state index contributed by atoms with van der Waals surface area (Å²) in [5, 5.41) is 1.15. The summed E-state index contributed by atoms with van der Waals surface area (Å²) >= 11 is 11.8. The molecule has 4 heteroatoms. The minimum absolute atomic E-state index is 0.0901. The van der Waals surface area contributed by atoms with E-state index in [1.807, 2.05) is 24.3 Å². The highest BCUT2D eigenvalue weighted by atomic mass is 35.5. The molecule has 0 radical (unpaired) electrons. The third kappa shape index (κ3) is 3.77. The van der Waals surface area contributed by atoms with Gasteiger partial charge in [-0.3, -0.25) is 0 Å². The highest BCUT2D eigenvalue weighted by Crippen LogP contribution is 2.23. The molecule has 1 aromatic carbocycles. The number of halogens is 2. The number of hydrogen-bond donors (Lipinski definition) is 1. The minimum Gasteiger partial charge on any atom is -0.469 e. The molecule has 2 N–H and O–H groups in total. The second kappa shape index (κ2) is 6.28. The van der Waals surface area contributed by atoms with E-state index in [0.717, 1.165) is 30.6 Å². The van der Waals surface area contributed by atoms with Crippen molar-refractivity contribution in [2.45, 2.75) is 25.3 Å². The van der Waals surface area contributed by atoms with Crippen LogP contribution in [0.5, 0.6) is 0 Å². The summed E-state index contributed by atoms with van der Waals surface area (Å²) in [6, 6.07) is 9.58. The Morgan fingerprint density at radius 2 is 2.00 bits per heavy atom. The predicted molar refractivity (Wildman–Crippen MR) is 75.2 cm³/mol. The van der Waals surface area contributed by atoms with E-state index in [9.17, 15) is 0 Å². The fourth-order valence-corrected chi connectivity index (χ4v) is 2.17. The van der Waals surface area contributed by atoms with Crippen LogP contribution in [0.3, 0.4) is 0 Å². The number of nitrogens with two attached hydrogens (primary N) is 1. The first-order valence-electron chi connectivity index (χ1n) is 5.87. The molecule has 1 aromatic heterocycles. The van der Waals surface area contributed by atoms with Crippen LogP contribution in [0.25, 0.3) is 0 Å². The number of hydrogen-bond acceptors (Lipinski definition) is 2. The maximum Gasteiger partial charge on any atom is 0.103 e. The maximum atomic E-state index is 6.09. The zero-order valence-electron chi connectivity index (χ0n) is 9.90. The molecule has 0 spiro atoms. The third-order valence-electron chi connectivity index (χ3n) is 2.82. The van der Waals surface area contributed by atoms with Crippen molar-refractivity contribution in [2.75, 3.05) is 0 Å². The van der Waals surface area contributed by atoms with Gasteiger partial charge in [-0.05, 0) is 42.7 Å². The minimum atomic E-state index is 0.0901. The number of benzene rings is 1. The highest BCUT2D eigenvalue weighted by Gasteiger charge is 2.07. The van der Waals surface area contributed by atoms with Crippen molar-refractivity contribution in [1.82, 2.24) is 0 Å². The van der Waals surface area contributed by atoms with E-state index in [0.29, 0.717) is 10.0 Å². The number of aryl methyl sites for hydroxylation is 1. The van der Waals surface area contributed by atoms with Gasteiger partial charge in [-0.2, -0.15) is 0 Å². The molecule has 2 aromatic rings. The third-order valence-corrected chi connectivity index (χ3v) is 3.56. The summed E-state index contributed by atoms with van der Waals surface area (Å²) in [5.74, 6) is 0.972. The van der Waals surface area contributed by atoms with Gasteiger partial charge in [0.05, 0.1) is 16.3 Å². The van der Waals surface area contributed by atoms with Gasteiger partial charge in [0.2, 0.25) is 0 Å². The molecule has 0 saturated heterocycles. The average Bonchev–Trinajstić information content (AvgIpc) is 2.84. The standard InChI is InChI=1S/C14H15Cl2NO/c15-13-6-3-10(9-14(13)16)8-11(17)4-5-12-2-1-7-18-12/h1-3,6-7,9,11H,4-5,8,17H2. The van der Waals surface area contributed by atoms with Crippen LogP contribution in [-0.4, -0.2) is 6.04 Å². The van der Waals surface area contributed by atoms with Crippen LogP contribution >= 0.6 is 23.2 Å². The zero-order valence-corrected chi connectivity index (χ0v) is 11.4. The van der Waals surface area contributed by atoms with Gasteiger partial charge >= 0.3 is 0 Å². The smallest absolute Gasteiger partial charge is 0.103 e. The summed E-state index contributed by atoms with van der Waals surface area (Å²) in [7, 11) is 0. The van der Waals surface area contributed by atoms with E-state index < -0.39 is 0 Å². The van der Waals surface area contributed by atoms with Crippen LogP contribution in [-0.2, 0) is 12.8 Å². The van der Waals surface area contributed by atoms with E-state index in [2.05, 4.69) is 0 Å². The summed E-state index contributed by atoms with van der Waals surface area (Å²) in [6.07, 6.45) is 4.21. The molecule has 1 heterocycles. The van der Waals surface area contributed by atoms with E-state index in [4.69, 9.17) is 33.4 Å². The SMILES string of the molecule is NC(CCc1ccco1)Cc1ccc(Cl)c(Cl)c1. The molecule has 96 valence electrons. The summed E-state index contributed by atoms with van der Waals surface area (Å²) in [5.41, 5.74) is 7.20. The van der Waals surface area contributed by atoms with Gasteiger partial charge in [0.15, 0.2) is 0 Å². The molecule has 18 heavy (non-hydrogen) atoms. The van der Waals surface area contributed by atoms with Crippen molar-refractivity contribution < 1.29 is 4.42 Å². The molecule has 1 unspecified atom stereocenters. The second-order valence-corrected chi connectivity index (χ2v) is 5.15. The first-order chi connectivity index (χ1) is 8.65. The lowest BCUT2D eigenvalue weighted by atomic mass is 10.0. The molecule has 1 atom stereocenters. The molecule has 0 bridgehead atoms. The van der Waals surface area contributed by atoms with E-state index >= 15 is 0 Å². The van der Waals surface area contributed by atoms with Crippen LogP contribution in [0, 0.1) is 0 Å². The van der Waals surface area contributed by atoms with E-state index in [-0.39, 0.29) is 6.04 Å². The van der Waals surface area contributed by atoms with Crippen molar-refractivity contribution in [2.24, 2.45) is 5.73 Å². The molecular formula is C14H15Cl2NO. The van der Waals surface area contributed by atoms with Crippen LogP contribution in [0.1, 0.15) is 17.7 Å². The monoisotopic (exact) mass is 283 g/mol. The lowest BCUT2D eigenvalue weighted by molar-refractivity contribution is 0.484. The normalized spacial score (nSPS) is 12.6. The van der Waals surface area contributed by atoms with Gasteiger partial charge in [0.25, 0.3) is 0 Å². The Morgan fingerprint density at radius 3 is 2.67 bits per heavy atom. The Balaban J connectivity index is 1.86. The predicted octanol–water partition coefficient (Wildman–Crippen LogP) is 4.09. The first-order valence-corrected chi connectivity index (χ1v) is 6.62. The van der Waals surface area contributed by atoms with Crippen molar-refractivity contribution in [3.63, 3.8) is 0 Å². The van der Waals surface area contributed by atoms with Gasteiger partial charge in [0.1, 0.15) is 5.76 Å². The molecule has 0 saturated carbocycles. The molecule has 0 aliphatic rings. The topological polar surface area (TPSA) is 39.2 Å². The maximum absolute atomic E-state index is 6.09. The van der Waals surface area contributed by atoms with Gasteiger partial charge in [-0.1, -0.05) is 29.3 Å². The Kier molecular flexibility index (Phi) is 4.70. The average molecular weight is 284 g/mol. The molecule has 0 fully saturated rings. The zero-order chi connectivity index (χ0) is 13.0. The Labute approximate surface area is 117 Å². The lowest BCUT2D eigenvalue weighted by Gasteiger charge is -2.11. The largest absolute Gasteiger partial charge is 0.469 e. The van der Waals surface area contributed by atoms with Crippen molar-refractivity contribution in [3.8, 4) is 0 Å². The van der Waals surface area contributed by atoms with Gasteiger partial charge in [-0.25, -0.2) is 0 Å². The Bertz CT molecular complexity index is 497. The van der Waals surface area contributed by atoms with Crippen LogP contribution in [0.15, 0.2) is 41.0 Å². The summed E-state index contributed by atoms with van der Waals surface area (Å²) in [4.78, 5) is 0. The quantitative estimate of drug-likeness (QED) is 0.898. The van der Waals surface area contributed by atoms with E-state index in [1.54, 1.807) is 12.3 Å². The van der Waals surface area contributed by atoms with Gasteiger partial charge < -0.3 is 10.2 Å². The van der Waals surface area contributed by atoms with Crippen LogP contribution in [0.2, 0.25) is 10.0 Å². The van der Waals surface area contributed by atoms with Gasteiger partial charge in [-0.15, -0.1) is 0 Å². The molecule has 2 rings (SSSR count). The van der Waals surface area contributed by atoms with Crippen molar-refractivity contribution in [3.05, 3.63) is 58.0 Å². The second-order valence-electron chi connectivity index (χ2n) is 4.33. The highest BCUT2D eigenvalue weighted by molar-refractivity contribution is 6.42. The first kappa shape index (κ1) is 13.5. The fraction of sp³-hybridized carbons (Fsp3) is 0.286. The summed E-state index contributed by atoms with van der Waals surface area (Å²) < 4.78 is 5.27. The van der Waals surface area contributed by atoms with Gasteiger partial charge in [0, 0.05) is 12.5 Å². The van der Waals surface area contributed by atoms with Crippen molar-refractivity contribution >= 4 is 23.2 Å². The number of rotatable bonds is 5. The Morgan fingerprint density at radius 1 is 1.17 bits per heavy atom. The molecule has 0 aliphatic carbocycles. The molecule has 0 aliphatic heterocycles. The lowest BCUT2D eigenvalue weighted by Crippen LogP contribution is -2.23. The Hall–Kier alpha value is -0.960. The molecule has 0 amide bonds. The van der Waals surface area contributed by atoms with Crippen LogP contribution in [0.4, 0.5) is 0 Å². The molecular weight excluding hydrogens is 269 g/mol.